The number of carbonyl (C=O) groups excluding carboxylic acids is 2. The third kappa shape index (κ3) is 5.06. The number of allylic oxidation sites excluding steroid dienone is 1. The first-order valence-corrected chi connectivity index (χ1v) is 12.7. The summed E-state index contributed by atoms with van der Waals surface area (Å²) in [5, 5.41) is 4.68. The molecule has 0 aliphatic carbocycles. The van der Waals surface area contributed by atoms with Crippen LogP contribution in [0.3, 0.4) is 0 Å². The molecule has 2 amide bonds. The number of likely N-dealkylation sites (N-methyl/N-ethyl adjacent to an activating group) is 1. The molecule has 1 N–H and O–H groups in total. The third-order valence-electron chi connectivity index (χ3n) is 6.31. The van der Waals surface area contributed by atoms with Gasteiger partial charge in [0.2, 0.25) is 5.91 Å². The van der Waals surface area contributed by atoms with Gasteiger partial charge in [-0.2, -0.15) is 0 Å². The number of rotatable bonds is 7. The molecule has 0 bridgehead atoms. The average Bonchev–Trinajstić information content (AvgIpc) is 3.21. The minimum absolute atomic E-state index is 0.00936. The molecule has 9 heteroatoms. The molecule has 4 rings (SSSR count). The summed E-state index contributed by atoms with van der Waals surface area (Å²) in [6.07, 6.45) is 0.206. The lowest BCUT2D eigenvalue weighted by Gasteiger charge is -2.38. The van der Waals surface area contributed by atoms with E-state index in [4.69, 9.17) is 9.73 Å². The Hall–Kier alpha value is -2.62. The molecule has 3 aliphatic rings. The van der Waals surface area contributed by atoms with Crippen LogP contribution in [0.15, 0.2) is 51.6 Å². The number of nitrogens with zero attached hydrogens (tertiary/aromatic N) is 4. The molecule has 1 atom stereocenters. The van der Waals surface area contributed by atoms with Gasteiger partial charge >= 0.3 is 0 Å². The van der Waals surface area contributed by atoms with Crippen LogP contribution in [0.2, 0.25) is 0 Å². The number of nitrogens with one attached hydrogen (secondary N) is 1. The van der Waals surface area contributed by atoms with Crippen molar-refractivity contribution < 1.29 is 14.3 Å². The summed E-state index contributed by atoms with van der Waals surface area (Å²) in [7, 11) is 0. The van der Waals surface area contributed by atoms with Gasteiger partial charge in [0.15, 0.2) is 5.17 Å². The van der Waals surface area contributed by atoms with Crippen molar-refractivity contribution in [3.63, 3.8) is 0 Å². The van der Waals surface area contributed by atoms with Crippen molar-refractivity contribution in [3.05, 3.63) is 57.8 Å². The molecule has 1 unspecified atom stereocenters. The number of morpholine rings is 1. The van der Waals surface area contributed by atoms with Crippen LogP contribution in [0, 0.1) is 6.92 Å². The highest BCUT2D eigenvalue weighted by Crippen LogP contribution is 2.45. The molecule has 0 radical (unpaired) electrons. The quantitative estimate of drug-likeness (QED) is 0.642. The molecule has 1 saturated heterocycles. The Kier molecular flexibility index (Phi) is 7.75. The van der Waals surface area contributed by atoms with Gasteiger partial charge in [-0.25, -0.2) is 10.0 Å². The largest absolute Gasteiger partial charge is 0.379 e. The lowest BCUT2D eigenvalue weighted by Crippen LogP contribution is -2.49. The van der Waals surface area contributed by atoms with Crippen LogP contribution in [0.4, 0.5) is 0 Å². The number of fused-ring (bicyclic) bond motifs is 1. The lowest BCUT2D eigenvalue weighted by molar-refractivity contribution is -0.127. The number of aliphatic imine (C=N–C) groups is 1. The van der Waals surface area contributed by atoms with E-state index < -0.39 is 0 Å². The normalized spacial score (nSPS) is 20.6. The number of amides is 2. The molecule has 34 heavy (non-hydrogen) atoms. The first kappa shape index (κ1) is 24.5. The second kappa shape index (κ2) is 10.8. The minimum Gasteiger partial charge on any atom is -0.379 e. The fourth-order valence-corrected chi connectivity index (χ4v) is 5.41. The maximum absolute atomic E-state index is 13.6. The van der Waals surface area contributed by atoms with Crippen molar-refractivity contribution in [3.8, 4) is 0 Å². The zero-order valence-electron chi connectivity index (χ0n) is 20.3. The van der Waals surface area contributed by atoms with Crippen LogP contribution in [-0.2, 0) is 14.3 Å². The monoisotopic (exact) mass is 483 g/mol. The van der Waals surface area contributed by atoms with Crippen LogP contribution in [0.5, 0.6) is 0 Å². The zero-order valence-corrected chi connectivity index (χ0v) is 21.2. The number of hydrogen-bond donors (Lipinski definition) is 1. The molecular weight excluding hydrogens is 450 g/mol. The van der Waals surface area contributed by atoms with Gasteiger partial charge in [0.05, 0.1) is 36.9 Å². The van der Waals surface area contributed by atoms with E-state index in [2.05, 4.69) is 34.6 Å². The standard InChI is InChI=1S/C25H33N5O3S/c1-5-28(6-2)24(32)22-18(4)26-25-30(23(22)19-9-7-17(3)8-10-19)20(16-34-25)15-21(31)27-29-11-13-33-14-12-29/h7-10,16,23H,5-6,11-15H2,1-4H3,(H,27,31). The van der Waals surface area contributed by atoms with Gasteiger partial charge in [0.1, 0.15) is 0 Å². The van der Waals surface area contributed by atoms with Gasteiger partial charge in [-0.1, -0.05) is 41.6 Å². The van der Waals surface area contributed by atoms with Gasteiger partial charge in [0, 0.05) is 31.9 Å². The van der Waals surface area contributed by atoms with Crippen molar-refractivity contribution in [2.45, 2.75) is 40.2 Å². The Bertz CT molecular complexity index is 1020. The summed E-state index contributed by atoms with van der Waals surface area (Å²) in [5.74, 6) is -0.0922. The van der Waals surface area contributed by atoms with Crippen LogP contribution in [-0.4, -0.2) is 71.2 Å². The van der Waals surface area contributed by atoms with E-state index in [1.165, 1.54) is 11.8 Å². The predicted octanol–water partition coefficient (Wildman–Crippen LogP) is 3.19. The second-order valence-corrected chi connectivity index (χ2v) is 9.43. The highest BCUT2D eigenvalue weighted by atomic mass is 32.2. The SMILES string of the molecule is CCN(CC)C(=O)C1=C(C)N=C2SC=C(CC(=O)NN3CCOCC3)N2C1c1ccc(C)cc1. The number of hydrogen-bond acceptors (Lipinski definition) is 7. The molecular formula is C25H33N5O3S. The van der Waals surface area contributed by atoms with Crippen LogP contribution >= 0.6 is 11.8 Å². The Labute approximate surface area is 205 Å². The molecule has 1 fully saturated rings. The van der Waals surface area contributed by atoms with Crippen molar-refractivity contribution in [2.75, 3.05) is 39.4 Å². The number of aryl methyl sites for hydroxylation is 1. The van der Waals surface area contributed by atoms with E-state index in [0.29, 0.717) is 45.0 Å². The van der Waals surface area contributed by atoms with Crippen LogP contribution in [0.1, 0.15) is 44.4 Å². The van der Waals surface area contributed by atoms with E-state index in [-0.39, 0.29) is 24.3 Å². The topological polar surface area (TPSA) is 77.5 Å². The smallest absolute Gasteiger partial charge is 0.254 e. The Balaban J connectivity index is 1.65. The zero-order chi connectivity index (χ0) is 24.2. The molecule has 3 aliphatic heterocycles. The maximum Gasteiger partial charge on any atom is 0.254 e. The van der Waals surface area contributed by atoms with Crippen molar-refractivity contribution in [1.29, 1.82) is 0 Å². The maximum atomic E-state index is 13.6. The first-order valence-electron chi connectivity index (χ1n) is 11.8. The number of amidine groups is 1. The molecule has 182 valence electrons. The van der Waals surface area contributed by atoms with Crippen LogP contribution < -0.4 is 5.43 Å². The van der Waals surface area contributed by atoms with E-state index >= 15 is 0 Å². The van der Waals surface area contributed by atoms with E-state index in [9.17, 15) is 9.59 Å². The molecule has 3 heterocycles. The fraction of sp³-hybridized carbons (Fsp3) is 0.480. The average molecular weight is 484 g/mol. The summed E-state index contributed by atoms with van der Waals surface area (Å²) in [4.78, 5) is 35.3. The number of carbonyl (C=O) groups is 2. The summed E-state index contributed by atoms with van der Waals surface area (Å²) >= 11 is 1.50. The van der Waals surface area contributed by atoms with Gasteiger partial charge in [0.25, 0.3) is 5.91 Å². The summed E-state index contributed by atoms with van der Waals surface area (Å²) in [5.41, 5.74) is 7.40. The molecule has 8 nitrogen and oxygen atoms in total. The van der Waals surface area contributed by atoms with Gasteiger partial charge in [-0.05, 0) is 38.7 Å². The molecule has 0 saturated carbocycles. The Morgan fingerprint density at radius 2 is 1.82 bits per heavy atom. The van der Waals surface area contributed by atoms with Gasteiger partial charge < -0.3 is 14.5 Å². The molecule has 0 aromatic heterocycles. The molecule has 0 spiro atoms. The second-order valence-electron chi connectivity index (χ2n) is 8.59. The van der Waals surface area contributed by atoms with E-state index in [1.54, 1.807) is 0 Å². The number of hydrazine groups is 1. The molecule has 1 aromatic carbocycles. The van der Waals surface area contributed by atoms with Crippen LogP contribution in [0.25, 0.3) is 0 Å². The summed E-state index contributed by atoms with van der Waals surface area (Å²) in [6, 6.07) is 7.93. The fourth-order valence-electron chi connectivity index (χ4n) is 4.44. The highest BCUT2D eigenvalue weighted by molar-refractivity contribution is 8.16. The van der Waals surface area contributed by atoms with E-state index in [1.807, 2.05) is 43.0 Å². The summed E-state index contributed by atoms with van der Waals surface area (Å²) in [6.45, 7) is 11.8. The number of thioether (sulfide) groups is 1. The third-order valence-corrected chi connectivity index (χ3v) is 7.20. The molecule has 1 aromatic rings. The summed E-state index contributed by atoms with van der Waals surface area (Å²) < 4.78 is 5.37. The van der Waals surface area contributed by atoms with Gasteiger partial charge in [-0.15, -0.1) is 0 Å². The Morgan fingerprint density at radius 1 is 1.15 bits per heavy atom. The highest BCUT2D eigenvalue weighted by Gasteiger charge is 2.41. The lowest BCUT2D eigenvalue weighted by atomic mass is 9.92. The van der Waals surface area contributed by atoms with Crippen molar-refractivity contribution in [1.82, 2.24) is 20.2 Å². The predicted molar refractivity (Wildman–Crippen MR) is 135 cm³/mol. The minimum atomic E-state index is -0.335. The number of ether oxygens (including phenoxy) is 1. The first-order chi connectivity index (χ1) is 16.4. The number of benzene rings is 1. The van der Waals surface area contributed by atoms with E-state index in [0.717, 1.165) is 27.7 Å². The van der Waals surface area contributed by atoms with Crippen molar-refractivity contribution in [2.24, 2.45) is 4.99 Å². The van der Waals surface area contributed by atoms with Crippen molar-refractivity contribution >= 4 is 28.7 Å². The Morgan fingerprint density at radius 3 is 2.47 bits per heavy atom. The van der Waals surface area contributed by atoms with Gasteiger partial charge in [-0.3, -0.25) is 15.0 Å².